The smallest absolute Gasteiger partial charge is 0.228 e. The van der Waals surface area contributed by atoms with E-state index in [0.717, 1.165) is 27.5 Å². The van der Waals surface area contributed by atoms with E-state index < -0.39 is 0 Å². The molecule has 94 valence electrons. The molecule has 0 saturated heterocycles. The highest BCUT2D eigenvalue weighted by atomic mass is 32.1. The summed E-state index contributed by atoms with van der Waals surface area (Å²) in [6.45, 7) is 9.09. The van der Waals surface area contributed by atoms with Crippen molar-refractivity contribution in [3.63, 3.8) is 0 Å². The number of nitrogens with one attached hydrogen (secondary N) is 1. The quantitative estimate of drug-likeness (QED) is 0.637. The molecule has 3 nitrogen and oxygen atoms in total. The Hall–Kier alpha value is -0.940. The number of hydrogen-bond acceptors (Lipinski definition) is 3. The molecule has 17 heavy (non-hydrogen) atoms. The Morgan fingerprint density at radius 1 is 1.65 bits per heavy atom. The van der Waals surface area contributed by atoms with Crippen LogP contribution < -0.4 is 0 Å². The summed E-state index contributed by atoms with van der Waals surface area (Å²) >= 11 is 6.55. The number of thiazole rings is 1. The number of aryl methyl sites for hydroxylation is 1. The number of carbonyl (C=O) groups is 1. The van der Waals surface area contributed by atoms with Gasteiger partial charge in [-0.15, -0.1) is 17.9 Å². The lowest BCUT2D eigenvalue weighted by Crippen LogP contribution is -2.33. The molecule has 0 aromatic carbocycles. The van der Waals surface area contributed by atoms with E-state index in [-0.39, 0.29) is 5.91 Å². The van der Waals surface area contributed by atoms with Crippen molar-refractivity contribution in [3.8, 4) is 0 Å². The van der Waals surface area contributed by atoms with Crippen LogP contribution in [-0.4, -0.2) is 28.9 Å². The molecule has 1 aromatic rings. The molecule has 0 atom stereocenters. The molecule has 0 saturated carbocycles. The van der Waals surface area contributed by atoms with E-state index >= 15 is 0 Å². The molecule has 0 aliphatic heterocycles. The molecule has 0 fully saturated rings. The molecule has 0 spiro atoms. The van der Waals surface area contributed by atoms with Crippen LogP contribution in [0.1, 0.15) is 23.9 Å². The van der Waals surface area contributed by atoms with Crippen LogP contribution in [0.5, 0.6) is 0 Å². The van der Waals surface area contributed by atoms with Crippen LogP contribution in [0.4, 0.5) is 0 Å². The number of carbonyl (C=O) groups excluding carboxylic acids is 1. The van der Waals surface area contributed by atoms with E-state index in [1.54, 1.807) is 6.08 Å². The van der Waals surface area contributed by atoms with Gasteiger partial charge in [-0.1, -0.05) is 13.0 Å². The van der Waals surface area contributed by atoms with E-state index in [1.165, 1.54) is 11.3 Å². The maximum Gasteiger partial charge on any atom is 0.228 e. The number of rotatable bonds is 6. The fraction of sp³-hybridized carbons (Fsp3) is 0.500. The van der Waals surface area contributed by atoms with E-state index in [1.807, 2.05) is 11.8 Å². The van der Waals surface area contributed by atoms with Gasteiger partial charge in [-0.05, 0) is 25.6 Å². The van der Waals surface area contributed by atoms with Gasteiger partial charge in [0.1, 0.15) is 0 Å². The van der Waals surface area contributed by atoms with Crippen molar-refractivity contribution in [2.24, 2.45) is 0 Å². The fourth-order valence-electron chi connectivity index (χ4n) is 1.60. The van der Waals surface area contributed by atoms with Gasteiger partial charge < -0.3 is 9.88 Å². The Bertz CT molecular complexity index is 448. The van der Waals surface area contributed by atoms with Gasteiger partial charge in [0.05, 0.1) is 6.42 Å². The molecule has 5 heteroatoms. The second-order valence-electron chi connectivity index (χ2n) is 3.87. The minimum atomic E-state index is 0.139. The monoisotopic (exact) mass is 270 g/mol. The number of aromatic nitrogens is 1. The Labute approximate surface area is 111 Å². The van der Waals surface area contributed by atoms with E-state index in [4.69, 9.17) is 12.2 Å². The highest BCUT2D eigenvalue weighted by molar-refractivity contribution is 7.73. The highest BCUT2D eigenvalue weighted by Crippen LogP contribution is 2.16. The van der Waals surface area contributed by atoms with E-state index in [0.29, 0.717) is 13.0 Å². The summed E-state index contributed by atoms with van der Waals surface area (Å²) in [6.07, 6.45) is 3.15. The highest BCUT2D eigenvalue weighted by Gasteiger charge is 2.14. The largest absolute Gasteiger partial charge is 0.341 e. The Morgan fingerprint density at radius 2 is 2.35 bits per heavy atom. The molecule has 0 radical (unpaired) electrons. The Kier molecular flexibility index (Phi) is 5.58. The molecule has 1 N–H and O–H groups in total. The average Bonchev–Trinajstić information content (AvgIpc) is 2.57. The van der Waals surface area contributed by atoms with E-state index in [9.17, 15) is 4.79 Å². The summed E-state index contributed by atoms with van der Waals surface area (Å²) < 4.78 is 0.732. The topological polar surface area (TPSA) is 36.1 Å². The molecule has 1 amide bonds. The molecule has 1 heterocycles. The van der Waals surface area contributed by atoms with Crippen LogP contribution in [0.2, 0.25) is 0 Å². The Balaban J connectivity index is 2.72. The molecule has 1 aromatic heterocycles. The first-order valence-corrected chi connectivity index (χ1v) is 6.88. The number of aromatic amines is 1. The van der Waals surface area contributed by atoms with Crippen molar-refractivity contribution in [1.29, 1.82) is 0 Å². The number of amides is 1. The van der Waals surface area contributed by atoms with Crippen LogP contribution in [0.3, 0.4) is 0 Å². The van der Waals surface area contributed by atoms with Gasteiger partial charge in [0.15, 0.2) is 3.95 Å². The van der Waals surface area contributed by atoms with Crippen molar-refractivity contribution < 1.29 is 4.79 Å². The van der Waals surface area contributed by atoms with Crippen LogP contribution in [0, 0.1) is 10.9 Å². The molecule has 0 unspecified atom stereocenters. The minimum Gasteiger partial charge on any atom is -0.341 e. The first kappa shape index (κ1) is 14.1. The predicted octanol–water partition coefficient (Wildman–Crippen LogP) is 3.08. The van der Waals surface area contributed by atoms with Crippen molar-refractivity contribution >= 4 is 29.5 Å². The summed E-state index contributed by atoms with van der Waals surface area (Å²) in [5, 5.41) is 0. The van der Waals surface area contributed by atoms with Crippen molar-refractivity contribution in [2.75, 3.05) is 13.1 Å². The average molecular weight is 270 g/mol. The number of nitrogens with zero attached hydrogens (tertiary/aromatic N) is 1. The van der Waals surface area contributed by atoms with Crippen molar-refractivity contribution in [1.82, 2.24) is 9.88 Å². The third kappa shape index (κ3) is 4.09. The normalized spacial score (nSPS) is 10.2. The molecule has 0 aliphatic carbocycles. The van der Waals surface area contributed by atoms with Crippen LogP contribution in [0.15, 0.2) is 12.7 Å². The minimum absolute atomic E-state index is 0.139. The second kappa shape index (κ2) is 6.71. The van der Waals surface area contributed by atoms with Gasteiger partial charge in [0.2, 0.25) is 5.91 Å². The van der Waals surface area contributed by atoms with Crippen LogP contribution in [-0.2, 0) is 11.2 Å². The summed E-state index contributed by atoms with van der Waals surface area (Å²) in [5.74, 6) is 0.139. The van der Waals surface area contributed by atoms with Crippen LogP contribution >= 0.6 is 23.6 Å². The molecular weight excluding hydrogens is 252 g/mol. The number of hydrogen-bond donors (Lipinski definition) is 1. The fourth-order valence-corrected chi connectivity index (χ4v) is 2.88. The maximum absolute atomic E-state index is 12.1. The lowest BCUT2D eigenvalue weighted by atomic mass is 10.2. The zero-order valence-corrected chi connectivity index (χ0v) is 11.9. The zero-order chi connectivity index (χ0) is 12.8. The summed E-state index contributed by atoms with van der Waals surface area (Å²) in [4.78, 5) is 18.0. The Morgan fingerprint density at radius 3 is 2.82 bits per heavy atom. The van der Waals surface area contributed by atoms with Gasteiger partial charge in [-0.25, -0.2) is 0 Å². The predicted molar refractivity (Wildman–Crippen MR) is 75.0 cm³/mol. The molecule has 1 rings (SSSR count). The second-order valence-corrected chi connectivity index (χ2v) is 5.64. The lowest BCUT2D eigenvalue weighted by Gasteiger charge is -2.20. The van der Waals surface area contributed by atoms with Gasteiger partial charge in [0, 0.05) is 23.7 Å². The first-order valence-electron chi connectivity index (χ1n) is 5.65. The van der Waals surface area contributed by atoms with Gasteiger partial charge in [0.25, 0.3) is 0 Å². The van der Waals surface area contributed by atoms with Crippen molar-refractivity contribution in [2.45, 2.75) is 26.7 Å². The van der Waals surface area contributed by atoms with Crippen LogP contribution in [0.25, 0.3) is 0 Å². The molecule has 0 bridgehead atoms. The van der Waals surface area contributed by atoms with E-state index in [2.05, 4.69) is 18.5 Å². The summed E-state index contributed by atoms with van der Waals surface area (Å²) in [6, 6.07) is 0. The standard InChI is InChI=1S/C12H18N2OS2/c1-4-6-14(7-5-2)11(15)8-10-9(3)13-12(16)17-10/h4H,1,5-8H2,2-3H3,(H,13,16). The maximum atomic E-state index is 12.1. The summed E-state index contributed by atoms with van der Waals surface area (Å²) in [5.41, 5.74) is 1.00. The lowest BCUT2D eigenvalue weighted by molar-refractivity contribution is -0.129. The third-order valence-corrected chi connectivity index (χ3v) is 3.77. The first-order chi connectivity index (χ1) is 8.08. The van der Waals surface area contributed by atoms with Crippen molar-refractivity contribution in [3.05, 3.63) is 27.2 Å². The molecule has 0 aliphatic rings. The van der Waals surface area contributed by atoms with Gasteiger partial charge in [-0.2, -0.15) is 0 Å². The summed E-state index contributed by atoms with van der Waals surface area (Å²) in [7, 11) is 0. The zero-order valence-electron chi connectivity index (χ0n) is 10.3. The molecular formula is C12H18N2OS2. The van der Waals surface area contributed by atoms with Gasteiger partial charge in [-0.3, -0.25) is 4.79 Å². The SMILES string of the molecule is C=CCN(CCC)C(=O)Cc1sc(=S)[nH]c1C. The van der Waals surface area contributed by atoms with Gasteiger partial charge >= 0.3 is 0 Å². The third-order valence-electron chi connectivity index (χ3n) is 2.43. The number of H-pyrrole nitrogens is 1.